The van der Waals surface area contributed by atoms with Gasteiger partial charge in [0.25, 0.3) is 0 Å². The summed E-state index contributed by atoms with van der Waals surface area (Å²) < 4.78 is 0. The second-order valence-electron chi connectivity index (χ2n) is 7.79. The Bertz CT molecular complexity index is 554. The molecule has 5 rings (SSSR count). The summed E-state index contributed by atoms with van der Waals surface area (Å²) in [6, 6.07) is 0.778. The van der Waals surface area contributed by atoms with Crippen molar-refractivity contribution in [3.63, 3.8) is 0 Å². The van der Waals surface area contributed by atoms with Crippen LogP contribution in [0.15, 0.2) is 6.33 Å². The third-order valence-electron chi connectivity index (χ3n) is 6.53. The molecule has 2 atom stereocenters. The van der Waals surface area contributed by atoms with Gasteiger partial charge in [-0.2, -0.15) is 0 Å². The van der Waals surface area contributed by atoms with E-state index in [0.29, 0.717) is 0 Å². The smallest absolute Gasteiger partial charge is 0.135 e. The predicted octanol–water partition coefficient (Wildman–Crippen LogP) is 2.28. The minimum Gasteiger partial charge on any atom is -0.353 e. The Labute approximate surface area is 132 Å². The molecule has 2 aliphatic heterocycles. The molecule has 118 valence electrons. The number of aryl methyl sites for hydroxylation is 1. The van der Waals surface area contributed by atoms with Crippen LogP contribution in [0.2, 0.25) is 0 Å². The second-order valence-corrected chi connectivity index (χ2v) is 7.79. The van der Waals surface area contributed by atoms with Gasteiger partial charge in [-0.1, -0.05) is 6.42 Å². The molecule has 2 aliphatic carbocycles. The lowest BCUT2D eigenvalue weighted by atomic mass is 9.95. The van der Waals surface area contributed by atoms with Gasteiger partial charge in [-0.3, -0.25) is 4.90 Å². The largest absolute Gasteiger partial charge is 0.353 e. The van der Waals surface area contributed by atoms with Crippen LogP contribution in [0.3, 0.4) is 0 Å². The molecular formula is C18H26N4. The molecule has 4 heteroatoms. The van der Waals surface area contributed by atoms with Crippen LogP contribution in [-0.4, -0.2) is 47.1 Å². The third kappa shape index (κ3) is 2.07. The van der Waals surface area contributed by atoms with Crippen LogP contribution < -0.4 is 4.90 Å². The summed E-state index contributed by atoms with van der Waals surface area (Å²) in [5.41, 5.74) is 2.76. The number of aromatic nitrogens is 2. The van der Waals surface area contributed by atoms with Gasteiger partial charge in [0.1, 0.15) is 12.1 Å². The number of likely N-dealkylation sites (tertiary alicyclic amines) is 1. The average molecular weight is 298 g/mol. The maximum Gasteiger partial charge on any atom is 0.135 e. The Morgan fingerprint density at radius 1 is 0.864 bits per heavy atom. The number of hydrogen-bond acceptors (Lipinski definition) is 4. The van der Waals surface area contributed by atoms with Crippen LogP contribution in [0.4, 0.5) is 5.82 Å². The molecule has 4 nitrogen and oxygen atoms in total. The molecule has 0 spiro atoms. The quantitative estimate of drug-likeness (QED) is 0.838. The van der Waals surface area contributed by atoms with Gasteiger partial charge in [0.15, 0.2) is 0 Å². The SMILES string of the molecule is c1nc2c(c(N3CC(N4CC5CCCC5C4)C3)n1)CCCC2. The summed E-state index contributed by atoms with van der Waals surface area (Å²) in [7, 11) is 0. The molecule has 3 heterocycles. The van der Waals surface area contributed by atoms with E-state index in [-0.39, 0.29) is 0 Å². The van der Waals surface area contributed by atoms with E-state index in [1.165, 1.54) is 81.8 Å². The Morgan fingerprint density at radius 3 is 2.45 bits per heavy atom. The molecule has 1 saturated carbocycles. The Kier molecular flexibility index (Phi) is 3.14. The lowest BCUT2D eigenvalue weighted by Crippen LogP contribution is -2.59. The van der Waals surface area contributed by atoms with E-state index in [0.717, 1.165) is 24.3 Å². The number of hydrogen-bond donors (Lipinski definition) is 0. The maximum absolute atomic E-state index is 4.63. The third-order valence-corrected chi connectivity index (χ3v) is 6.53. The van der Waals surface area contributed by atoms with Gasteiger partial charge < -0.3 is 4.90 Å². The first-order chi connectivity index (χ1) is 10.9. The van der Waals surface area contributed by atoms with E-state index in [2.05, 4.69) is 19.8 Å². The van der Waals surface area contributed by atoms with Gasteiger partial charge >= 0.3 is 0 Å². The highest BCUT2D eigenvalue weighted by Gasteiger charge is 2.42. The van der Waals surface area contributed by atoms with Crippen molar-refractivity contribution >= 4 is 5.82 Å². The number of nitrogens with zero attached hydrogens (tertiary/aromatic N) is 4. The summed E-state index contributed by atoms with van der Waals surface area (Å²) in [5.74, 6) is 3.28. The fourth-order valence-electron chi connectivity index (χ4n) is 5.21. The first-order valence-electron chi connectivity index (χ1n) is 9.20. The molecule has 0 bridgehead atoms. The second kappa shape index (κ2) is 5.19. The summed E-state index contributed by atoms with van der Waals surface area (Å²) >= 11 is 0. The fraction of sp³-hybridized carbons (Fsp3) is 0.778. The van der Waals surface area contributed by atoms with E-state index in [9.17, 15) is 0 Å². The predicted molar refractivity (Wildman–Crippen MR) is 87.1 cm³/mol. The number of rotatable bonds is 2. The Morgan fingerprint density at radius 2 is 1.64 bits per heavy atom. The van der Waals surface area contributed by atoms with E-state index < -0.39 is 0 Å². The van der Waals surface area contributed by atoms with Crippen LogP contribution >= 0.6 is 0 Å². The summed E-state index contributed by atoms with van der Waals surface area (Å²) in [6.07, 6.45) is 11.2. The monoisotopic (exact) mass is 298 g/mol. The molecule has 1 aromatic heterocycles. The first kappa shape index (κ1) is 13.3. The van der Waals surface area contributed by atoms with E-state index in [1.807, 2.05) is 0 Å². The van der Waals surface area contributed by atoms with Gasteiger partial charge in [-0.25, -0.2) is 9.97 Å². The highest BCUT2D eigenvalue weighted by atomic mass is 15.3. The minimum absolute atomic E-state index is 0.778. The van der Waals surface area contributed by atoms with E-state index in [4.69, 9.17) is 0 Å². The molecule has 0 radical (unpaired) electrons. The molecule has 1 aromatic rings. The van der Waals surface area contributed by atoms with Crippen LogP contribution in [0.1, 0.15) is 43.4 Å². The summed E-state index contributed by atoms with van der Waals surface area (Å²) in [6.45, 7) is 5.10. The van der Waals surface area contributed by atoms with E-state index in [1.54, 1.807) is 6.33 Å². The van der Waals surface area contributed by atoms with Crippen LogP contribution in [0, 0.1) is 11.8 Å². The van der Waals surface area contributed by atoms with Crippen molar-refractivity contribution in [2.24, 2.45) is 11.8 Å². The molecule has 22 heavy (non-hydrogen) atoms. The normalized spacial score (nSPS) is 31.9. The Hall–Kier alpha value is -1.16. The zero-order valence-corrected chi connectivity index (χ0v) is 13.4. The van der Waals surface area contributed by atoms with Gasteiger partial charge in [-0.05, 0) is 50.4 Å². The van der Waals surface area contributed by atoms with E-state index >= 15 is 0 Å². The summed E-state index contributed by atoms with van der Waals surface area (Å²) in [5, 5.41) is 0. The maximum atomic E-state index is 4.63. The van der Waals surface area contributed by atoms with Gasteiger partial charge in [-0.15, -0.1) is 0 Å². The molecule has 0 amide bonds. The van der Waals surface area contributed by atoms with Crippen LogP contribution in [0.5, 0.6) is 0 Å². The van der Waals surface area contributed by atoms with Crippen molar-refractivity contribution < 1.29 is 0 Å². The molecule has 0 N–H and O–H groups in total. The molecular weight excluding hydrogens is 272 g/mol. The summed E-state index contributed by atoms with van der Waals surface area (Å²) in [4.78, 5) is 14.4. The molecule has 3 fully saturated rings. The molecule has 0 aromatic carbocycles. The van der Waals surface area contributed by atoms with Crippen LogP contribution in [0.25, 0.3) is 0 Å². The van der Waals surface area contributed by atoms with Crippen molar-refractivity contribution in [1.82, 2.24) is 14.9 Å². The van der Waals surface area contributed by atoms with Gasteiger partial charge in [0.2, 0.25) is 0 Å². The topological polar surface area (TPSA) is 32.3 Å². The molecule has 4 aliphatic rings. The highest BCUT2D eigenvalue weighted by Crippen LogP contribution is 2.40. The highest BCUT2D eigenvalue weighted by molar-refractivity contribution is 5.52. The lowest BCUT2D eigenvalue weighted by molar-refractivity contribution is 0.189. The van der Waals surface area contributed by atoms with Crippen molar-refractivity contribution in [2.75, 3.05) is 31.1 Å². The van der Waals surface area contributed by atoms with Crippen molar-refractivity contribution in [1.29, 1.82) is 0 Å². The lowest BCUT2D eigenvalue weighted by Gasteiger charge is -2.46. The number of anilines is 1. The van der Waals surface area contributed by atoms with Gasteiger partial charge in [0.05, 0.1) is 0 Å². The standard InChI is InChI=1S/C18H26N4/c1-2-7-17-16(6-1)18(20-12-19-17)22-10-15(11-22)21-8-13-4-3-5-14(13)9-21/h12-15H,1-11H2. The van der Waals surface area contributed by atoms with Crippen molar-refractivity contribution in [3.05, 3.63) is 17.6 Å². The zero-order chi connectivity index (χ0) is 14.5. The number of fused-ring (bicyclic) bond motifs is 2. The van der Waals surface area contributed by atoms with Crippen LogP contribution in [-0.2, 0) is 12.8 Å². The molecule has 2 unspecified atom stereocenters. The molecule has 2 saturated heterocycles. The average Bonchev–Trinajstić information content (AvgIpc) is 3.07. The van der Waals surface area contributed by atoms with Crippen molar-refractivity contribution in [3.8, 4) is 0 Å². The first-order valence-corrected chi connectivity index (χ1v) is 9.20. The minimum atomic E-state index is 0.778. The van der Waals surface area contributed by atoms with Gasteiger partial charge in [0, 0.05) is 43.5 Å². The Balaban J connectivity index is 1.27. The van der Waals surface area contributed by atoms with Crippen molar-refractivity contribution in [2.45, 2.75) is 51.0 Å². The zero-order valence-electron chi connectivity index (χ0n) is 13.4. The fourth-order valence-corrected chi connectivity index (χ4v) is 5.21.